The topological polar surface area (TPSA) is 137 Å². The van der Waals surface area contributed by atoms with Crippen LogP contribution in [0.5, 0.6) is 5.75 Å². The number of anilines is 3. The van der Waals surface area contributed by atoms with E-state index in [4.69, 9.17) is 9.84 Å². The Balaban J connectivity index is 1.39. The molecule has 4 heterocycles. The Kier molecular flexibility index (Phi) is 6.52. The second kappa shape index (κ2) is 9.78. The molecule has 0 saturated carbocycles. The van der Waals surface area contributed by atoms with E-state index in [0.29, 0.717) is 25.2 Å². The summed E-state index contributed by atoms with van der Waals surface area (Å²) in [7, 11) is 0. The summed E-state index contributed by atoms with van der Waals surface area (Å²) in [5.41, 5.74) is -0.0388. The number of carbonyl (C=O) groups excluding carboxylic acids is 1. The fourth-order valence-electron chi connectivity index (χ4n) is 4.20. The highest BCUT2D eigenvalue weighted by Gasteiger charge is 2.41. The van der Waals surface area contributed by atoms with Crippen molar-refractivity contribution in [2.24, 2.45) is 0 Å². The number of aliphatic hydroxyl groups is 2. The van der Waals surface area contributed by atoms with Gasteiger partial charge in [-0.15, -0.1) is 0 Å². The maximum absolute atomic E-state index is 13.3. The molecule has 194 valence electrons. The maximum Gasteiger partial charge on any atom is 0.416 e. The van der Waals surface area contributed by atoms with Crippen LogP contribution in [-0.4, -0.2) is 74.6 Å². The molecule has 37 heavy (non-hydrogen) atoms. The van der Waals surface area contributed by atoms with Crippen molar-refractivity contribution in [3.63, 3.8) is 0 Å². The van der Waals surface area contributed by atoms with Crippen molar-refractivity contribution in [1.82, 2.24) is 19.9 Å². The molecule has 0 aliphatic carbocycles. The van der Waals surface area contributed by atoms with Gasteiger partial charge in [-0.1, -0.05) is 12.1 Å². The molecule has 2 atom stereocenters. The van der Waals surface area contributed by atoms with Gasteiger partial charge in [0.1, 0.15) is 12.7 Å². The lowest BCUT2D eigenvalue weighted by Gasteiger charge is -2.35. The highest BCUT2D eigenvalue weighted by molar-refractivity contribution is 6.03. The van der Waals surface area contributed by atoms with Gasteiger partial charge in [0.2, 0.25) is 5.95 Å². The summed E-state index contributed by atoms with van der Waals surface area (Å²) in [5.74, 6) is 0.576. The minimum Gasteiger partial charge on any atom is -0.488 e. The molecule has 1 saturated heterocycles. The molecule has 2 amide bonds. The molecule has 2 aliphatic heterocycles. The number of amides is 2. The molecule has 2 aliphatic rings. The number of nitrogens with one attached hydrogen (secondary N) is 1. The molecule has 5 rings (SSSR count). The van der Waals surface area contributed by atoms with Gasteiger partial charge in [-0.2, -0.15) is 13.2 Å². The summed E-state index contributed by atoms with van der Waals surface area (Å²) in [6.45, 7) is 0.635. The van der Waals surface area contributed by atoms with E-state index >= 15 is 0 Å². The number of halogens is 3. The van der Waals surface area contributed by atoms with Crippen LogP contribution in [0.25, 0.3) is 11.4 Å². The highest BCUT2D eigenvalue weighted by Crippen LogP contribution is 2.40. The van der Waals surface area contributed by atoms with Crippen LogP contribution in [0.2, 0.25) is 0 Å². The lowest BCUT2D eigenvalue weighted by molar-refractivity contribution is -0.137. The first kappa shape index (κ1) is 24.6. The summed E-state index contributed by atoms with van der Waals surface area (Å²) in [6, 6.07) is 3.95. The normalized spacial score (nSPS) is 17.4. The van der Waals surface area contributed by atoms with E-state index in [1.165, 1.54) is 35.6 Å². The van der Waals surface area contributed by atoms with Gasteiger partial charge in [-0.05, 0) is 18.6 Å². The van der Waals surface area contributed by atoms with Crippen LogP contribution in [0.15, 0.2) is 42.9 Å². The molecule has 2 bridgehead atoms. The number of hydrogen-bond acceptors (Lipinski definition) is 9. The fourth-order valence-corrected chi connectivity index (χ4v) is 4.20. The van der Waals surface area contributed by atoms with Crippen LogP contribution in [0.1, 0.15) is 12.0 Å². The Hall–Kier alpha value is -4.04. The average molecular weight is 517 g/mol. The van der Waals surface area contributed by atoms with Gasteiger partial charge < -0.3 is 19.8 Å². The van der Waals surface area contributed by atoms with Gasteiger partial charge in [0.25, 0.3) is 0 Å². The Morgan fingerprint density at radius 1 is 1.22 bits per heavy atom. The minimum atomic E-state index is -4.51. The van der Waals surface area contributed by atoms with E-state index in [0.717, 1.165) is 12.1 Å². The Morgan fingerprint density at radius 3 is 2.73 bits per heavy atom. The van der Waals surface area contributed by atoms with Gasteiger partial charge in [0.15, 0.2) is 17.4 Å². The van der Waals surface area contributed by atoms with Crippen molar-refractivity contribution >= 4 is 23.5 Å². The SMILES string of the molecule is O=C(Nc1ncc(OC[C@H](O)CO)cn1)N1c2nc(-c3cccc(C(F)(F)F)c3)ncc2N2CC[C@H]1C2. The van der Waals surface area contributed by atoms with Crippen molar-refractivity contribution in [2.75, 3.05) is 41.4 Å². The molecule has 11 nitrogen and oxygen atoms in total. The number of alkyl halides is 3. The van der Waals surface area contributed by atoms with Crippen molar-refractivity contribution in [3.05, 3.63) is 48.4 Å². The number of carbonyl (C=O) groups is 1. The summed E-state index contributed by atoms with van der Waals surface area (Å²) in [6.07, 6.45) is -0.760. The van der Waals surface area contributed by atoms with Crippen molar-refractivity contribution in [1.29, 1.82) is 0 Å². The van der Waals surface area contributed by atoms with Crippen LogP contribution in [0.3, 0.4) is 0 Å². The average Bonchev–Trinajstić information content (AvgIpc) is 3.31. The number of aliphatic hydroxyl groups excluding tert-OH is 2. The van der Waals surface area contributed by atoms with Gasteiger partial charge in [-0.3, -0.25) is 10.2 Å². The van der Waals surface area contributed by atoms with Crippen LogP contribution < -0.4 is 19.9 Å². The predicted octanol–water partition coefficient (Wildman–Crippen LogP) is 2.32. The predicted molar refractivity (Wildman–Crippen MR) is 125 cm³/mol. The molecule has 3 aromatic rings. The lowest BCUT2D eigenvalue weighted by Crippen LogP contribution is -2.48. The van der Waals surface area contributed by atoms with E-state index < -0.39 is 30.5 Å². The summed E-state index contributed by atoms with van der Waals surface area (Å²) in [4.78, 5) is 33.7. The Morgan fingerprint density at radius 2 is 2.00 bits per heavy atom. The minimum absolute atomic E-state index is 0.00538. The first-order valence-electron chi connectivity index (χ1n) is 11.4. The third-order valence-electron chi connectivity index (χ3n) is 6.01. The van der Waals surface area contributed by atoms with Crippen molar-refractivity contribution in [2.45, 2.75) is 24.7 Å². The largest absolute Gasteiger partial charge is 0.488 e. The zero-order valence-electron chi connectivity index (χ0n) is 19.3. The smallest absolute Gasteiger partial charge is 0.416 e. The van der Waals surface area contributed by atoms with Gasteiger partial charge in [0.05, 0.1) is 42.5 Å². The van der Waals surface area contributed by atoms with Crippen LogP contribution >= 0.6 is 0 Å². The van der Waals surface area contributed by atoms with E-state index in [9.17, 15) is 23.1 Å². The van der Waals surface area contributed by atoms with Crippen LogP contribution in [0.4, 0.5) is 35.4 Å². The third-order valence-corrected chi connectivity index (χ3v) is 6.01. The molecule has 0 unspecified atom stereocenters. The number of rotatable bonds is 6. The molecule has 3 N–H and O–H groups in total. The fraction of sp³-hybridized carbons (Fsp3) is 0.348. The van der Waals surface area contributed by atoms with Gasteiger partial charge >= 0.3 is 12.2 Å². The number of aromatic nitrogens is 4. The maximum atomic E-state index is 13.3. The summed E-state index contributed by atoms with van der Waals surface area (Å²) < 4.78 is 44.9. The molecular weight excluding hydrogens is 495 g/mol. The number of benzene rings is 1. The number of hydrogen-bond donors (Lipinski definition) is 3. The zero-order chi connectivity index (χ0) is 26.2. The van der Waals surface area contributed by atoms with E-state index in [1.54, 1.807) is 0 Å². The second-order valence-electron chi connectivity index (χ2n) is 8.56. The van der Waals surface area contributed by atoms with E-state index in [-0.39, 0.29) is 41.6 Å². The number of urea groups is 1. The number of fused-ring (bicyclic) bond motifs is 4. The molecule has 2 aromatic heterocycles. The zero-order valence-corrected chi connectivity index (χ0v) is 19.3. The lowest BCUT2D eigenvalue weighted by atomic mass is 10.1. The molecule has 1 fully saturated rings. The first-order chi connectivity index (χ1) is 17.7. The monoisotopic (exact) mass is 517 g/mol. The van der Waals surface area contributed by atoms with Gasteiger partial charge in [-0.25, -0.2) is 24.7 Å². The first-order valence-corrected chi connectivity index (χ1v) is 11.4. The second-order valence-corrected chi connectivity index (χ2v) is 8.56. The quantitative estimate of drug-likeness (QED) is 0.450. The number of nitrogens with zero attached hydrogens (tertiary/aromatic N) is 6. The Bertz CT molecular complexity index is 1290. The highest BCUT2D eigenvalue weighted by atomic mass is 19.4. The van der Waals surface area contributed by atoms with E-state index in [2.05, 4.69) is 25.3 Å². The van der Waals surface area contributed by atoms with Crippen LogP contribution in [-0.2, 0) is 6.18 Å². The van der Waals surface area contributed by atoms with Crippen LogP contribution in [0, 0.1) is 0 Å². The summed E-state index contributed by atoms with van der Waals surface area (Å²) in [5, 5.41) is 20.8. The standard InChI is InChI=1S/C23H22F3N7O4/c24-23(25,26)14-3-1-2-13(6-14)19-27-9-18-20(30-19)33(15-4-5-32(18)10-15)22(36)31-21-28-7-17(8-29-21)37-12-16(35)11-34/h1-3,6-9,15-16,34-35H,4-5,10-12H2,(H,28,29,31,36)/t15-,16+/m0/s1. The molecule has 1 aromatic carbocycles. The van der Waals surface area contributed by atoms with Gasteiger partial charge in [0, 0.05) is 18.7 Å². The van der Waals surface area contributed by atoms with E-state index in [1.807, 2.05) is 4.90 Å². The van der Waals surface area contributed by atoms with Crippen molar-refractivity contribution in [3.8, 4) is 17.1 Å². The Labute approximate surface area is 208 Å². The molecular formula is C23H22F3N7O4. The molecule has 14 heteroatoms. The third kappa shape index (κ3) is 5.11. The molecule has 0 spiro atoms. The summed E-state index contributed by atoms with van der Waals surface area (Å²) >= 11 is 0. The number of ether oxygens (including phenoxy) is 1. The van der Waals surface area contributed by atoms with Crippen molar-refractivity contribution < 1.29 is 32.9 Å². The molecule has 0 radical (unpaired) electrons.